The van der Waals surface area contributed by atoms with Gasteiger partial charge in [0.05, 0.1) is 11.1 Å². The Hall–Kier alpha value is -2.70. The minimum Gasteiger partial charge on any atom is -0.274 e. The van der Waals surface area contributed by atoms with Crippen LogP contribution in [0.15, 0.2) is 36.4 Å². The predicted molar refractivity (Wildman–Crippen MR) is 82.9 cm³/mol. The minimum absolute atomic E-state index is 0.177. The second-order valence-corrected chi connectivity index (χ2v) is 5.86. The van der Waals surface area contributed by atoms with Crippen LogP contribution < -0.4 is 0 Å². The number of hydrogen-bond donors (Lipinski definition) is 0. The van der Waals surface area contributed by atoms with Gasteiger partial charge in [0.1, 0.15) is 23.3 Å². The van der Waals surface area contributed by atoms with E-state index in [0.29, 0.717) is 17.0 Å². The van der Waals surface area contributed by atoms with Crippen LogP contribution >= 0.6 is 0 Å². The lowest BCUT2D eigenvalue weighted by Gasteiger charge is -2.23. The van der Waals surface area contributed by atoms with Gasteiger partial charge < -0.3 is 0 Å². The maximum absolute atomic E-state index is 13.9. The smallest absolute Gasteiger partial charge is 0.263 e. The van der Waals surface area contributed by atoms with Crippen LogP contribution in [-0.4, -0.2) is 23.3 Å². The average molecular weight is 353 g/mol. The third kappa shape index (κ3) is 4.23. The molecule has 0 bridgehead atoms. The van der Waals surface area contributed by atoms with Crippen molar-refractivity contribution in [2.24, 2.45) is 5.92 Å². The largest absolute Gasteiger partial charge is 0.274 e. The Balaban J connectivity index is 2.48. The van der Waals surface area contributed by atoms with E-state index in [0.717, 1.165) is 24.3 Å². The first-order valence-corrected chi connectivity index (χ1v) is 7.47. The van der Waals surface area contributed by atoms with Gasteiger partial charge in [0.15, 0.2) is 0 Å². The van der Waals surface area contributed by atoms with Crippen molar-refractivity contribution in [3.63, 3.8) is 0 Å². The van der Waals surface area contributed by atoms with Crippen LogP contribution in [0, 0.1) is 29.2 Å². The normalized spacial score (nSPS) is 10.8. The molecule has 2 rings (SSSR count). The summed E-state index contributed by atoms with van der Waals surface area (Å²) < 4.78 is 54.4. The molecule has 2 amide bonds. The molecule has 2 aromatic carbocycles. The lowest BCUT2D eigenvalue weighted by molar-refractivity contribution is 0.0591. The Kier molecular flexibility index (Phi) is 5.56. The molecule has 0 N–H and O–H groups in total. The molecule has 0 aliphatic carbocycles. The Morgan fingerprint density at radius 1 is 0.840 bits per heavy atom. The number of imide groups is 1. The molecule has 0 radical (unpaired) electrons. The summed E-state index contributed by atoms with van der Waals surface area (Å²) in [5.41, 5.74) is -1.32. The number of carbonyl (C=O) groups is 2. The van der Waals surface area contributed by atoms with Crippen molar-refractivity contribution < 1.29 is 27.2 Å². The molecule has 0 aromatic heterocycles. The number of benzene rings is 2. The first-order chi connectivity index (χ1) is 11.7. The van der Waals surface area contributed by atoms with Gasteiger partial charge in [0, 0.05) is 6.54 Å². The van der Waals surface area contributed by atoms with E-state index in [4.69, 9.17) is 0 Å². The third-order valence-corrected chi connectivity index (χ3v) is 3.36. The van der Waals surface area contributed by atoms with Crippen molar-refractivity contribution in [3.05, 3.63) is 70.8 Å². The molecule has 0 spiro atoms. The summed E-state index contributed by atoms with van der Waals surface area (Å²) in [6.45, 7) is 3.18. The molecular formula is C18H15F4NO2. The lowest BCUT2D eigenvalue weighted by atomic mass is 10.1. The number of carbonyl (C=O) groups excluding carboxylic acids is 2. The average Bonchev–Trinajstić information content (AvgIpc) is 2.55. The number of hydrogen-bond acceptors (Lipinski definition) is 2. The van der Waals surface area contributed by atoms with Crippen LogP contribution in [0.3, 0.4) is 0 Å². The maximum atomic E-state index is 13.9. The molecule has 7 heteroatoms. The predicted octanol–water partition coefficient (Wildman–Crippen LogP) is 4.18. The summed E-state index contributed by atoms with van der Waals surface area (Å²) in [4.78, 5) is 25.7. The SMILES string of the molecule is CC(C)CN(C(=O)c1cc(F)ccc1F)C(=O)c1cc(F)ccc1F. The zero-order chi connectivity index (χ0) is 18.7. The van der Waals surface area contributed by atoms with E-state index in [1.807, 2.05) is 0 Å². The summed E-state index contributed by atoms with van der Waals surface area (Å²) in [5.74, 6) is -6.25. The van der Waals surface area contributed by atoms with E-state index in [1.54, 1.807) is 13.8 Å². The van der Waals surface area contributed by atoms with Crippen molar-refractivity contribution in [2.45, 2.75) is 13.8 Å². The highest BCUT2D eigenvalue weighted by Gasteiger charge is 2.29. The monoisotopic (exact) mass is 353 g/mol. The topological polar surface area (TPSA) is 37.4 Å². The second kappa shape index (κ2) is 7.46. The highest BCUT2D eigenvalue weighted by molar-refractivity contribution is 6.10. The van der Waals surface area contributed by atoms with Gasteiger partial charge in [-0.1, -0.05) is 13.8 Å². The fourth-order valence-electron chi connectivity index (χ4n) is 2.24. The van der Waals surface area contributed by atoms with Crippen molar-refractivity contribution in [1.29, 1.82) is 0 Å². The molecule has 0 saturated carbocycles. The standard InChI is InChI=1S/C18H15F4NO2/c1-10(2)9-23(17(24)13-7-11(19)3-5-15(13)21)18(25)14-8-12(20)4-6-16(14)22/h3-8,10H,9H2,1-2H3. The Labute approximate surface area is 141 Å². The molecule has 0 fully saturated rings. The molecule has 3 nitrogen and oxygen atoms in total. The van der Waals surface area contributed by atoms with Gasteiger partial charge in [-0.25, -0.2) is 17.6 Å². The molecule has 0 atom stereocenters. The van der Waals surface area contributed by atoms with E-state index in [1.165, 1.54) is 0 Å². The van der Waals surface area contributed by atoms with Crippen molar-refractivity contribution in [1.82, 2.24) is 4.90 Å². The molecule has 132 valence electrons. The van der Waals surface area contributed by atoms with Crippen LogP contribution in [0.1, 0.15) is 34.6 Å². The second-order valence-electron chi connectivity index (χ2n) is 5.86. The molecule has 2 aromatic rings. The maximum Gasteiger partial charge on any atom is 0.263 e. The highest BCUT2D eigenvalue weighted by atomic mass is 19.1. The molecule has 0 heterocycles. The van der Waals surface area contributed by atoms with Gasteiger partial charge in [0.2, 0.25) is 0 Å². The van der Waals surface area contributed by atoms with E-state index in [-0.39, 0.29) is 12.5 Å². The van der Waals surface area contributed by atoms with E-state index in [9.17, 15) is 27.2 Å². The summed E-state index contributed by atoms with van der Waals surface area (Å²) in [7, 11) is 0. The Morgan fingerprint density at radius 2 is 1.24 bits per heavy atom. The van der Waals surface area contributed by atoms with Crippen LogP contribution in [0.2, 0.25) is 0 Å². The first kappa shape index (κ1) is 18.6. The fourth-order valence-corrected chi connectivity index (χ4v) is 2.24. The van der Waals surface area contributed by atoms with Gasteiger partial charge >= 0.3 is 0 Å². The zero-order valence-corrected chi connectivity index (χ0v) is 13.5. The first-order valence-electron chi connectivity index (χ1n) is 7.47. The number of amides is 2. The summed E-state index contributed by atoms with van der Waals surface area (Å²) >= 11 is 0. The highest BCUT2D eigenvalue weighted by Crippen LogP contribution is 2.18. The molecule has 0 saturated heterocycles. The Morgan fingerprint density at radius 3 is 1.60 bits per heavy atom. The summed E-state index contributed by atoms with van der Waals surface area (Å²) in [6, 6.07) is 4.47. The van der Waals surface area contributed by atoms with Crippen LogP contribution in [0.25, 0.3) is 0 Å². The van der Waals surface area contributed by atoms with Gasteiger partial charge in [-0.2, -0.15) is 0 Å². The van der Waals surface area contributed by atoms with E-state index < -0.39 is 46.2 Å². The fraction of sp³-hybridized carbons (Fsp3) is 0.222. The summed E-state index contributed by atoms with van der Waals surface area (Å²) in [5, 5.41) is 0. The van der Waals surface area contributed by atoms with Crippen molar-refractivity contribution in [3.8, 4) is 0 Å². The van der Waals surface area contributed by atoms with Crippen molar-refractivity contribution >= 4 is 11.8 Å². The molecule has 0 unspecified atom stereocenters. The molecule has 25 heavy (non-hydrogen) atoms. The quantitative estimate of drug-likeness (QED) is 0.611. The van der Waals surface area contributed by atoms with Crippen LogP contribution in [0.4, 0.5) is 17.6 Å². The Bertz CT molecular complexity index is 757. The van der Waals surface area contributed by atoms with Gasteiger partial charge in [0.25, 0.3) is 11.8 Å². The number of rotatable bonds is 4. The molecule has 0 aliphatic heterocycles. The van der Waals surface area contributed by atoms with Gasteiger partial charge in [-0.05, 0) is 42.3 Å². The van der Waals surface area contributed by atoms with Crippen molar-refractivity contribution in [2.75, 3.05) is 6.54 Å². The number of nitrogens with zero attached hydrogens (tertiary/aromatic N) is 1. The third-order valence-electron chi connectivity index (χ3n) is 3.36. The van der Waals surface area contributed by atoms with Gasteiger partial charge in [-0.15, -0.1) is 0 Å². The van der Waals surface area contributed by atoms with Gasteiger partial charge in [-0.3, -0.25) is 14.5 Å². The minimum atomic E-state index is -1.13. The molecular weight excluding hydrogens is 338 g/mol. The summed E-state index contributed by atoms with van der Waals surface area (Å²) in [6.07, 6.45) is 0. The molecule has 0 aliphatic rings. The van der Waals surface area contributed by atoms with Crippen LogP contribution in [-0.2, 0) is 0 Å². The van der Waals surface area contributed by atoms with Crippen LogP contribution in [0.5, 0.6) is 0 Å². The lowest BCUT2D eigenvalue weighted by Crippen LogP contribution is -2.40. The van der Waals surface area contributed by atoms with E-state index in [2.05, 4.69) is 0 Å². The number of halogens is 4. The van der Waals surface area contributed by atoms with E-state index >= 15 is 0 Å². The zero-order valence-electron chi connectivity index (χ0n) is 13.5.